The van der Waals surface area contributed by atoms with Crippen LogP contribution < -0.4 is 0 Å². The van der Waals surface area contributed by atoms with Crippen LogP contribution in [-0.2, 0) is 11.3 Å². The molecule has 3 rings (SSSR count). The van der Waals surface area contributed by atoms with E-state index in [1.807, 2.05) is 6.07 Å². The van der Waals surface area contributed by atoms with Gasteiger partial charge >= 0.3 is 0 Å². The van der Waals surface area contributed by atoms with E-state index in [0.29, 0.717) is 5.92 Å². The number of nitrogens with zero attached hydrogens (tertiary/aromatic N) is 1. The topological polar surface area (TPSA) is 20.3 Å². The van der Waals surface area contributed by atoms with Gasteiger partial charge in [0.05, 0.1) is 0 Å². The molecule has 0 aromatic heterocycles. The quantitative estimate of drug-likeness (QED) is 0.694. The van der Waals surface area contributed by atoms with E-state index in [4.69, 9.17) is 0 Å². The SMILES string of the molecule is O=C[C@@]12C[C@@H]1CN(Cc1ccccc1)C2. The van der Waals surface area contributed by atoms with Crippen molar-refractivity contribution >= 4 is 6.29 Å². The summed E-state index contributed by atoms with van der Waals surface area (Å²) in [6, 6.07) is 10.5. The van der Waals surface area contributed by atoms with Crippen LogP contribution in [0.25, 0.3) is 0 Å². The number of hydrogen-bond acceptors (Lipinski definition) is 2. The summed E-state index contributed by atoms with van der Waals surface area (Å²) in [4.78, 5) is 13.3. The van der Waals surface area contributed by atoms with E-state index < -0.39 is 0 Å². The van der Waals surface area contributed by atoms with Crippen LogP contribution in [0.4, 0.5) is 0 Å². The molecule has 2 nitrogen and oxygen atoms in total. The first kappa shape index (κ1) is 9.10. The summed E-state index contributed by atoms with van der Waals surface area (Å²) in [6.45, 7) is 3.07. The summed E-state index contributed by atoms with van der Waals surface area (Å²) in [5.41, 5.74) is 1.40. The lowest BCUT2D eigenvalue weighted by atomic mass is 10.1. The number of rotatable bonds is 3. The summed E-state index contributed by atoms with van der Waals surface area (Å²) in [7, 11) is 0. The Balaban J connectivity index is 1.65. The van der Waals surface area contributed by atoms with Crippen molar-refractivity contribution in [2.45, 2.75) is 13.0 Å². The first-order chi connectivity index (χ1) is 7.32. The van der Waals surface area contributed by atoms with E-state index in [1.54, 1.807) is 0 Å². The summed E-state index contributed by atoms with van der Waals surface area (Å²) < 4.78 is 0. The Labute approximate surface area is 89.9 Å². The fraction of sp³-hybridized carbons (Fsp3) is 0.462. The number of hydrogen-bond donors (Lipinski definition) is 0. The van der Waals surface area contributed by atoms with Gasteiger partial charge in [-0.25, -0.2) is 0 Å². The zero-order valence-electron chi connectivity index (χ0n) is 8.73. The summed E-state index contributed by atoms with van der Waals surface area (Å²) in [5.74, 6) is 0.652. The molecule has 0 spiro atoms. The first-order valence-corrected chi connectivity index (χ1v) is 5.55. The van der Waals surface area contributed by atoms with Crippen molar-refractivity contribution in [2.24, 2.45) is 11.3 Å². The maximum Gasteiger partial charge on any atom is 0.127 e. The van der Waals surface area contributed by atoms with Crippen molar-refractivity contribution in [3.8, 4) is 0 Å². The molecule has 0 N–H and O–H groups in total. The smallest absolute Gasteiger partial charge is 0.127 e. The number of carbonyl (C=O) groups is 1. The predicted molar refractivity (Wildman–Crippen MR) is 58.3 cm³/mol. The first-order valence-electron chi connectivity index (χ1n) is 5.55. The highest BCUT2D eigenvalue weighted by atomic mass is 16.1. The maximum atomic E-state index is 10.9. The molecule has 2 heteroatoms. The second kappa shape index (κ2) is 3.17. The standard InChI is InChI=1S/C13H15NO/c15-10-13-6-12(13)8-14(9-13)7-11-4-2-1-3-5-11/h1-5,10,12H,6-9H2/t12-,13+/m1/s1. The Morgan fingerprint density at radius 3 is 2.87 bits per heavy atom. The Bertz CT molecular complexity index is 375. The van der Waals surface area contributed by atoms with Gasteiger partial charge < -0.3 is 4.79 Å². The van der Waals surface area contributed by atoms with Crippen molar-refractivity contribution in [1.29, 1.82) is 0 Å². The molecular weight excluding hydrogens is 186 g/mol. The second-order valence-corrected chi connectivity index (χ2v) is 4.91. The molecule has 1 heterocycles. The van der Waals surface area contributed by atoms with Crippen molar-refractivity contribution in [3.63, 3.8) is 0 Å². The highest BCUT2D eigenvalue weighted by molar-refractivity contribution is 5.66. The number of likely N-dealkylation sites (tertiary alicyclic amines) is 1. The number of benzene rings is 1. The molecule has 2 atom stereocenters. The molecule has 1 saturated carbocycles. The van der Waals surface area contributed by atoms with Gasteiger partial charge in [-0.3, -0.25) is 4.90 Å². The van der Waals surface area contributed by atoms with E-state index >= 15 is 0 Å². The monoisotopic (exact) mass is 201 g/mol. The van der Waals surface area contributed by atoms with Crippen LogP contribution in [0, 0.1) is 11.3 Å². The van der Waals surface area contributed by atoms with Gasteiger partial charge in [-0.2, -0.15) is 0 Å². The van der Waals surface area contributed by atoms with Gasteiger partial charge in [0.1, 0.15) is 6.29 Å². The molecule has 0 unspecified atom stereocenters. The average molecular weight is 201 g/mol. The van der Waals surface area contributed by atoms with E-state index in [1.165, 1.54) is 11.8 Å². The third-order valence-corrected chi connectivity index (χ3v) is 3.76. The minimum absolute atomic E-state index is 0.0504. The number of carbonyl (C=O) groups excluding carboxylic acids is 1. The average Bonchev–Trinajstić information content (AvgIpc) is 2.84. The second-order valence-electron chi connectivity index (χ2n) is 4.91. The molecule has 15 heavy (non-hydrogen) atoms. The molecule has 78 valence electrons. The molecule has 2 aliphatic rings. The molecular formula is C13H15NO. The molecule has 0 radical (unpaired) electrons. The molecule has 1 aliphatic carbocycles. The highest BCUT2D eigenvalue weighted by Gasteiger charge is 2.59. The van der Waals surface area contributed by atoms with Gasteiger partial charge in [-0.15, -0.1) is 0 Å². The minimum Gasteiger partial charge on any atom is -0.303 e. The van der Waals surface area contributed by atoms with Gasteiger partial charge in [-0.05, 0) is 17.9 Å². The molecule has 1 saturated heterocycles. The third kappa shape index (κ3) is 1.49. The third-order valence-electron chi connectivity index (χ3n) is 3.76. The lowest BCUT2D eigenvalue weighted by molar-refractivity contribution is -0.112. The van der Waals surface area contributed by atoms with E-state index in [2.05, 4.69) is 29.2 Å². The van der Waals surface area contributed by atoms with Crippen LogP contribution in [0.1, 0.15) is 12.0 Å². The Morgan fingerprint density at radius 1 is 1.40 bits per heavy atom. The Hall–Kier alpha value is -1.15. The van der Waals surface area contributed by atoms with Crippen molar-refractivity contribution in [2.75, 3.05) is 13.1 Å². The van der Waals surface area contributed by atoms with Crippen LogP contribution in [-0.4, -0.2) is 24.3 Å². The van der Waals surface area contributed by atoms with Crippen molar-refractivity contribution in [3.05, 3.63) is 35.9 Å². The summed E-state index contributed by atoms with van der Waals surface area (Å²) >= 11 is 0. The predicted octanol–water partition coefficient (Wildman–Crippen LogP) is 1.71. The number of piperidine rings is 1. The van der Waals surface area contributed by atoms with Crippen LogP contribution in [0.2, 0.25) is 0 Å². The zero-order chi connectivity index (χ0) is 10.3. The molecule has 1 aliphatic heterocycles. The lowest BCUT2D eigenvalue weighted by Crippen LogP contribution is -2.25. The zero-order valence-corrected chi connectivity index (χ0v) is 8.73. The van der Waals surface area contributed by atoms with Gasteiger partial charge in [0, 0.05) is 25.0 Å². The van der Waals surface area contributed by atoms with Crippen molar-refractivity contribution < 1.29 is 4.79 Å². The fourth-order valence-electron chi connectivity index (χ4n) is 2.78. The molecule has 1 aromatic carbocycles. The van der Waals surface area contributed by atoms with Crippen molar-refractivity contribution in [1.82, 2.24) is 4.90 Å². The summed E-state index contributed by atoms with van der Waals surface area (Å²) in [5, 5.41) is 0. The van der Waals surface area contributed by atoms with Crippen LogP contribution in [0.5, 0.6) is 0 Å². The Kier molecular flexibility index (Phi) is 1.93. The maximum absolute atomic E-state index is 10.9. The highest BCUT2D eigenvalue weighted by Crippen LogP contribution is 2.56. The molecule has 0 amide bonds. The van der Waals surface area contributed by atoms with Crippen LogP contribution >= 0.6 is 0 Å². The van der Waals surface area contributed by atoms with E-state index in [0.717, 1.165) is 26.1 Å². The van der Waals surface area contributed by atoms with Gasteiger partial charge in [0.25, 0.3) is 0 Å². The van der Waals surface area contributed by atoms with Gasteiger partial charge in [-0.1, -0.05) is 30.3 Å². The number of aldehydes is 1. The fourth-order valence-corrected chi connectivity index (χ4v) is 2.78. The lowest BCUT2D eigenvalue weighted by Gasteiger charge is -2.18. The number of fused-ring (bicyclic) bond motifs is 1. The molecule has 2 fully saturated rings. The van der Waals surface area contributed by atoms with Gasteiger partial charge in [0.2, 0.25) is 0 Å². The molecule has 1 aromatic rings. The normalized spacial score (nSPS) is 33.7. The van der Waals surface area contributed by atoms with Gasteiger partial charge in [0.15, 0.2) is 0 Å². The van der Waals surface area contributed by atoms with Crippen LogP contribution in [0.3, 0.4) is 0 Å². The van der Waals surface area contributed by atoms with Crippen LogP contribution in [0.15, 0.2) is 30.3 Å². The summed E-state index contributed by atoms with van der Waals surface area (Å²) in [6.07, 6.45) is 2.31. The van der Waals surface area contributed by atoms with E-state index in [9.17, 15) is 4.79 Å². The Morgan fingerprint density at radius 2 is 2.20 bits per heavy atom. The molecule has 0 bridgehead atoms. The largest absolute Gasteiger partial charge is 0.303 e. The van der Waals surface area contributed by atoms with E-state index in [-0.39, 0.29) is 5.41 Å². The minimum atomic E-state index is 0.0504.